The molecule has 0 fully saturated rings. The van der Waals surface area contributed by atoms with Gasteiger partial charge in [0.1, 0.15) is 23.0 Å². The van der Waals surface area contributed by atoms with E-state index in [1.807, 2.05) is 24.3 Å². The number of methoxy groups -OCH3 is 2. The number of hydrogen-bond donors (Lipinski definition) is 2. The molecule has 0 radical (unpaired) electrons. The number of aryl methyl sites for hydroxylation is 1. The highest BCUT2D eigenvalue weighted by Gasteiger charge is 2.25. The van der Waals surface area contributed by atoms with Crippen LogP contribution in [0.4, 0.5) is 0 Å². The zero-order valence-corrected chi connectivity index (χ0v) is 18.4. The van der Waals surface area contributed by atoms with E-state index in [1.54, 1.807) is 45.4 Å². The molecular formula is C25H27NO6. The van der Waals surface area contributed by atoms with Crippen LogP contribution in [-0.2, 0) is 11.2 Å². The molecule has 2 N–H and O–H groups in total. The minimum absolute atomic E-state index is 0.0175. The first-order valence-electron chi connectivity index (χ1n) is 10.3. The maximum absolute atomic E-state index is 12.7. The fourth-order valence-corrected chi connectivity index (χ4v) is 3.55. The minimum Gasteiger partial charge on any atom is -0.507 e. The normalized spacial score (nSPS) is 11.6. The summed E-state index contributed by atoms with van der Waals surface area (Å²) in [5.41, 5.74) is 1.16. The molecule has 0 aliphatic carbocycles. The highest BCUT2D eigenvalue weighted by Crippen LogP contribution is 2.33. The summed E-state index contributed by atoms with van der Waals surface area (Å²) in [7, 11) is 3.17. The van der Waals surface area contributed by atoms with Gasteiger partial charge in [0.25, 0.3) is 0 Å². The van der Waals surface area contributed by atoms with Crippen molar-refractivity contribution in [3.63, 3.8) is 0 Å². The topological polar surface area (TPSA) is 98.0 Å². The van der Waals surface area contributed by atoms with Crippen LogP contribution in [0.15, 0.2) is 63.8 Å². The first-order chi connectivity index (χ1) is 15.4. The summed E-state index contributed by atoms with van der Waals surface area (Å²) in [4.78, 5) is 25.3. The molecule has 1 amide bonds. The Kier molecular flexibility index (Phi) is 7.54. The summed E-state index contributed by atoms with van der Waals surface area (Å²) >= 11 is 0. The Bertz CT molecular complexity index is 1100. The van der Waals surface area contributed by atoms with E-state index in [2.05, 4.69) is 5.32 Å². The summed E-state index contributed by atoms with van der Waals surface area (Å²) in [6, 6.07) is 16.1. The lowest BCUT2D eigenvalue weighted by atomic mass is 9.88. The van der Waals surface area contributed by atoms with Crippen LogP contribution in [0.2, 0.25) is 0 Å². The maximum atomic E-state index is 12.7. The van der Waals surface area contributed by atoms with Gasteiger partial charge in [0.2, 0.25) is 5.91 Å². The highest BCUT2D eigenvalue weighted by atomic mass is 16.5. The standard InChI is InChI=1S/C25H27NO6/c1-16-14-22(27)24(25(29)32-16)21(18-6-10-20(31-3)11-7-18)15-23(28)26-13-12-17-4-8-19(30-2)9-5-17/h4-11,14,21,27H,12-13,15H2,1-3H3,(H,26,28). The van der Waals surface area contributed by atoms with Gasteiger partial charge < -0.3 is 24.3 Å². The molecule has 1 unspecified atom stereocenters. The fourth-order valence-electron chi connectivity index (χ4n) is 3.55. The van der Waals surface area contributed by atoms with Crippen molar-refractivity contribution >= 4 is 5.91 Å². The molecule has 3 rings (SSSR count). The summed E-state index contributed by atoms with van der Waals surface area (Å²) in [5.74, 6) is 0.630. The van der Waals surface area contributed by atoms with Crippen LogP contribution in [0.3, 0.4) is 0 Å². The number of rotatable bonds is 9. The third kappa shape index (κ3) is 5.69. The van der Waals surface area contributed by atoms with Crippen molar-refractivity contribution in [3.05, 3.63) is 87.5 Å². The van der Waals surface area contributed by atoms with Gasteiger partial charge in [0.15, 0.2) is 0 Å². The smallest absolute Gasteiger partial charge is 0.343 e. The van der Waals surface area contributed by atoms with Crippen LogP contribution >= 0.6 is 0 Å². The number of carbonyl (C=O) groups is 1. The van der Waals surface area contributed by atoms with E-state index in [0.29, 0.717) is 30.0 Å². The number of amides is 1. The largest absolute Gasteiger partial charge is 0.507 e. The molecule has 0 aliphatic rings. The third-order valence-electron chi connectivity index (χ3n) is 5.24. The lowest BCUT2D eigenvalue weighted by molar-refractivity contribution is -0.121. The monoisotopic (exact) mass is 437 g/mol. The van der Waals surface area contributed by atoms with Crippen LogP contribution < -0.4 is 20.4 Å². The van der Waals surface area contributed by atoms with Gasteiger partial charge in [-0.05, 0) is 48.7 Å². The number of aromatic hydroxyl groups is 1. The molecule has 1 aromatic heterocycles. The van der Waals surface area contributed by atoms with E-state index < -0.39 is 11.5 Å². The molecule has 0 saturated heterocycles. The highest BCUT2D eigenvalue weighted by molar-refractivity contribution is 5.77. The number of nitrogens with one attached hydrogen (secondary N) is 1. The molecule has 3 aromatic rings. The Morgan fingerprint density at radius 2 is 1.62 bits per heavy atom. The van der Waals surface area contributed by atoms with Crippen molar-refractivity contribution in [2.24, 2.45) is 0 Å². The predicted molar refractivity (Wildman–Crippen MR) is 121 cm³/mol. The maximum Gasteiger partial charge on any atom is 0.343 e. The van der Waals surface area contributed by atoms with Crippen LogP contribution in [-0.4, -0.2) is 31.8 Å². The third-order valence-corrected chi connectivity index (χ3v) is 5.24. The van der Waals surface area contributed by atoms with Gasteiger partial charge in [0.05, 0.1) is 19.8 Å². The second-order valence-corrected chi connectivity index (χ2v) is 7.42. The fraction of sp³-hybridized carbons (Fsp3) is 0.280. The van der Waals surface area contributed by atoms with Crippen LogP contribution in [0.1, 0.15) is 34.8 Å². The summed E-state index contributed by atoms with van der Waals surface area (Å²) < 4.78 is 15.5. The quantitative estimate of drug-likeness (QED) is 0.531. The zero-order valence-electron chi connectivity index (χ0n) is 18.4. The number of hydrogen-bond acceptors (Lipinski definition) is 6. The molecule has 1 heterocycles. The van der Waals surface area contributed by atoms with Crippen molar-refractivity contribution < 1.29 is 23.8 Å². The van der Waals surface area contributed by atoms with Gasteiger partial charge in [-0.15, -0.1) is 0 Å². The van der Waals surface area contributed by atoms with E-state index in [9.17, 15) is 14.7 Å². The van der Waals surface area contributed by atoms with Gasteiger partial charge in [0, 0.05) is 24.9 Å². The van der Waals surface area contributed by atoms with Gasteiger partial charge >= 0.3 is 5.63 Å². The molecule has 7 nitrogen and oxygen atoms in total. The summed E-state index contributed by atoms with van der Waals surface area (Å²) in [6.07, 6.45) is 0.636. The first-order valence-corrected chi connectivity index (χ1v) is 10.3. The zero-order chi connectivity index (χ0) is 23.1. The summed E-state index contributed by atoms with van der Waals surface area (Å²) in [6.45, 7) is 2.02. The molecule has 0 saturated carbocycles. The second kappa shape index (κ2) is 10.5. The van der Waals surface area contributed by atoms with E-state index >= 15 is 0 Å². The number of benzene rings is 2. The van der Waals surface area contributed by atoms with Crippen molar-refractivity contribution in [3.8, 4) is 17.2 Å². The first kappa shape index (κ1) is 22.9. The van der Waals surface area contributed by atoms with Gasteiger partial charge in [-0.25, -0.2) is 4.79 Å². The Morgan fingerprint density at radius 3 is 2.19 bits per heavy atom. The molecular weight excluding hydrogens is 410 g/mol. The van der Waals surface area contributed by atoms with E-state index in [4.69, 9.17) is 13.9 Å². The van der Waals surface area contributed by atoms with Crippen molar-refractivity contribution in [2.45, 2.75) is 25.7 Å². The Balaban J connectivity index is 1.76. The average Bonchev–Trinajstić information content (AvgIpc) is 2.78. The minimum atomic E-state index is -0.668. The SMILES string of the molecule is COc1ccc(CCNC(=O)CC(c2ccc(OC)cc2)c2c(O)cc(C)oc2=O)cc1. The Labute approximate surface area is 186 Å². The van der Waals surface area contributed by atoms with Gasteiger partial charge in [-0.1, -0.05) is 24.3 Å². The van der Waals surface area contributed by atoms with E-state index in [0.717, 1.165) is 11.3 Å². The van der Waals surface area contributed by atoms with Gasteiger partial charge in [-0.2, -0.15) is 0 Å². The molecule has 0 aliphatic heterocycles. The van der Waals surface area contributed by atoms with E-state index in [1.165, 1.54) is 6.07 Å². The summed E-state index contributed by atoms with van der Waals surface area (Å²) in [5, 5.41) is 13.4. The molecule has 0 bridgehead atoms. The second-order valence-electron chi connectivity index (χ2n) is 7.42. The lowest BCUT2D eigenvalue weighted by Crippen LogP contribution is -2.28. The lowest BCUT2D eigenvalue weighted by Gasteiger charge is -2.18. The Morgan fingerprint density at radius 1 is 1.03 bits per heavy atom. The molecule has 32 heavy (non-hydrogen) atoms. The molecule has 1 atom stereocenters. The number of ether oxygens (including phenoxy) is 2. The van der Waals surface area contributed by atoms with Crippen molar-refractivity contribution in [1.82, 2.24) is 5.32 Å². The van der Waals surface area contributed by atoms with Gasteiger partial charge in [-0.3, -0.25) is 4.79 Å². The van der Waals surface area contributed by atoms with Crippen LogP contribution in [0.25, 0.3) is 0 Å². The average molecular weight is 437 g/mol. The molecule has 2 aromatic carbocycles. The van der Waals surface area contributed by atoms with Crippen molar-refractivity contribution in [1.29, 1.82) is 0 Å². The van der Waals surface area contributed by atoms with Crippen LogP contribution in [0, 0.1) is 6.92 Å². The molecule has 168 valence electrons. The van der Waals surface area contributed by atoms with Crippen LogP contribution in [0.5, 0.6) is 17.2 Å². The predicted octanol–water partition coefficient (Wildman–Crippen LogP) is 3.55. The Hall–Kier alpha value is -3.74. The van der Waals surface area contributed by atoms with Crippen molar-refractivity contribution in [2.75, 3.05) is 20.8 Å². The number of carbonyl (C=O) groups excluding carboxylic acids is 1. The van der Waals surface area contributed by atoms with E-state index in [-0.39, 0.29) is 23.6 Å². The molecule has 0 spiro atoms. The molecule has 7 heteroatoms.